The lowest BCUT2D eigenvalue weighted by Gasteiger charge is -2.05. The number of anilines is 1. The van der Waals surface area contributed by atoms with E-state index in [2.05, 4.69) is 15.4 Å². The number of carbonyl (C=O) groups is 1. The topological polar surface area (TPSA) is 79.8 Å². The summed E-state index contributed by atoms with van der Waals surface area (Å²) in [6.45, 7) is 0. The molecule has 0 bridgehead atoms. The van der Waals surface area contributed by atoms with Gasteiger partial charge in [0.25, 0.3) is 5.91 Å². The van der Waals surface area contributed by atoms with Gasteiger partial charge in [0.15, 0.2) is 0 Å². The highest BCUT2D eigenvalue weighted by molar-refractivity contribution is 6.36. The van der Waals surface area contributed by atoms with Crippen LogP contribution in [0.5, 0.6) is 0 Å². The Morgan fingerprint density at radius 2 is 2.17 bits per heavy atom. The van der Waals surface area contributed by atoms with Crippen molar-refractivity contribution in [2.45, 2.75) is 0 Å². The van der Waals surface area contributed by atoms with Gasteiger partial charge in [0.2, 0.25) is 5.82 Å². The Hall–Kier alpha value is -1.79. The molecule has 0 unspecified atom stereocenters. The number of benzene rings is 1. The van der Waals surface area contributed by atoms with E-state index in [4.69, 9.17) is 23.2 Å². The molecule has 1 aromatic heterocycles. The first-order valence-corrected chi connectivity index (χ1v) is 5.62. The number of amides is 1. The highest BCUT2D eigenvalue weighted by Crippen LogP contribution is 2.25. The Morgan fingerprint density at radius 1 is 1.44 bits per heavy atom. The highest BCUT2D eigenvalue weighted by Gasteiger charge is 2.13. The summed E-state index contributed by atoms with van der Waals surface area (Å²) >= 11 is 11.6. The molecule has 6 nitrogen and oxygen atoms in total. The van der Waals surface area contributed by atoms with Gasteiger partial charge < -0.3 is 5.32 Å². The van der Waals surface area contributed by atoms with E-state index in [1.807, 2.05) is 0 Å². The Labute approximate surface area is 112 Å². The fourth-order valence-corrected chi connectivity index (χ4v) is 1.73. The molecule has 2 rings (SSSR count). The van der Waals surface area contributed by atoms with Crippen LogP contribution in [0.1, 0.15) is 10.6 Å². The molecule has 94 valence electrons. The number of aryl methyl sites for hydroxylation is 1. The second kappa shape index (κ2) is 4.83. The first kappa shape index (κ1) is 12.7. The fourth-order valence-electron chi connectivity index (χ4n) is 1.28. The van der Waals surface area contributed by atoms with Gasteiger partial charge in [-0.2, -0.15) is 0 Å². The van der Waals surface area contributed by atoms with Crippen molar-refractivity contribution in [2.24, 2.45) is 7.05 Å². The maximum Gasteiger partial charge on any atom is 0.343 e. The highest BCUT2D eigenvalue weighted by atomic mass is 35.5. The van der Waals surface area contributed by atoms with Crippen molar-refractivity contribution in [3.63, 3.8) is 0 Å². The summed E-state index contributed by atoms with van der Waals surface area (Å²) in [5, 5.41) is 7.00. The van der Waals surface area contributed by atoms with Gasteiger partial charge in [-0.25, -0.2) is 9.48 Å². The SMILES string of the molecule is Cn1nc(C(=O)Nc2ccc(Cl)cc2Cl)[nH]c1=O. The van der Waals surface area contributed by atoms with Crippen molar-refractivity contribution in [1.29, 1.82) is 0 Å². The number of aromatic amines is 1. The summed E-state index contributed by atoms with van der Waals surface area (Å²) in [5.74, 6) is -0.648. The predicted molar refractivity (Wildman–Crippen MR) is 68.2 cm³/mol. The molecule has 0 aliphatic heterocycles. The third-order valence-electron chi connectivity index (χ3n) is 2.16. The van der Waals surface area contributed by atoms with Crippen LogP contribution in [0.2, 0.25) is 10.0 Å². The third kappa shape index (κ3) is 2.55. The number of H-pyrrole nitrogens is 1. The minimum absolute atomic E-state index is 0.0893. The molecule has 0 radical (unpaired) electrons. The molecule has 0 aliphatic carbocycles. The van der Waals surface area contributed by atoms with Crippen molar-refractivity contribution < 1.29 is 4.79 Å². The number of aromatic nitrogens is 3. The first-order chi connectivity index (χ1) is 8.47. The van der Waals surface area contributed by atoms with Crippen LogP contribution in [0.25, 0.3) is 0 Å². The number of rotatable bonds is 2. The average molecular weight is 287 g/mol. The van der Waals surface area contributed by atoms with Crippen LogP contribution >= 0.6 is 23.2 Å². The van der Waals surface area contributed by atoms with E-state index in [9.17, 15) is 9.59 Å². The fraction of sp³-hybridized carbons (Fsp3) is 0.100. The minimum atomic E-state index is -0.558. The molecule has 0 saturated heterocycles. The second-order valence-electron chi connectivity index (χ2n) is 3.48. The largest absolute Gasteiger partial charge is 0.343 e. The number of hydrogen-bond donors (Lipinski definition) is 2. The van der Waals surface area contributed by atoms with Gasteiger partial charge in [-0.15, -0.1) is 5.10 Å². The number of nitrogens with zero attached hydrogens (tertiary/aromatic N) is 2. The molecular weight excluding hydrogens is 279 g/mol. The van der Waals surface area contributed by atoms with Gasteiger partial charge >= 0.3 is 5.69 Å². The summed E-state index contributed by atoms with van der Waals surface area (Å²) < 4.78 is 1.03. The number of nitrogens with one attached hydrogen (secondary N) is 2. The molecule has 0 spiro atoms. The Bertz CT molecular complexity index is 662. The van der Waals surface area contributed by atoms with E-state index >= 15 is 0 Å². The van der Waals surface area contributed by atoms with Gasteiger partial charge in [0.05, 0.1) is 10.7 Å². The van der Waals surface area contributed by atoms with E-state index in [0.717, 1.165) is 4.68 Å². The van der Waals surface area contributed by atoms with Crippen molar-refractivity contribution in [2.75, 3.05) is 5.32 Å². The Kier molecular flexibility index (Phi) is 3.40. The third-order valence-corrected chi connectivity index (χ3v) is 2.71. The van der Waals surface area contributed by atoms with Gasteiger partial charge in [-0.05, 0) is 18.2 Å². The summed E-state index contributed by atoms with van der Waals surface area (Å²) in [6, 6.07) is 4.65. The number of carbonyl (C=O) groups excluding carboxylic acids is 1. The van der Waals surface area contributed by atoms with E-state index < -0.39 is 11.6 Å². The van der Waals surface area contributed by atoms with Crippen LogP contribution in [-0.4, -0.2) is 20.7 Å². The molecule has 1 heterocycles. The maximum absolute atomic E-state index is 11.8. The van der Waals surface area contributed by atoms with Gasteiger partial charge in [0, 0.05) is 12.1 Å². The van der Waals surface area contributed by atoms with Crippen molar-refractivity contribution in [3.8, 4) is 0 Å². The molecule has 0 atom stereocenters. The molecular formula is C10H8Cl2N4O2. The maximum atomic E-state index is 11.8. The van der Waals surface area contributed by atoms with E-state index in [1.165, 1.54) is 13.1 Å². The van der Waals surface area contributed by atoms with Gasteiger partial charge in [0.1, 0.15) is 0 Å². The van der Waals surface area contributed by atoms with Crippen LogP contribution in [0.15, 0.2) is 23.0 Å². The lowest BCUT2D eigenvalue weighted by Crippen LogP contribution is -2.15. The Morgan fingerprint density at radius 3 is 2.72 bits per heavy atom. The molecule has 1 aromatic carbocycles. The molecule has 18 heavy (non-hydrogen) atoms. The van der Waals surface area contributed by atoms with Crippen LogP contribution in [-0.2, 0) is 7.05 Å². The van der Waals surface area contributed by atoms with E-state index in [1.54, 1.807) is 12.1 Å². The quantitative estimate of drug-likeness (QED) is 0.881. The lowest BCUT2D eigenvalue weighted by atomic mass is 10.3. The number of halogens is 2. The van der Waals surface area contributed by atoms with Gasteiger partial charge in [-0.1, -0.05) is 23.2 Å². The van der Waals surface area contributed by atoms with Crippen molar-refractivity contribution >= 4 is 34.8 Å². The zero-order chi connectivity index (χ0) is 13.3. The second-order valence-corrected chi connectivity index (χ2v) is 4.32. The Balaban J connectivity index is 2.23. The summed E-state index contributed by atoms with van der Waals surface area (Å²) in [6.07, 6.45) is 0. The normalized spacial score (nSPS) is 10.4. The summed E-state index contributed by atoms with van der Waals surface area (Å²) in [4.78, 5) is 25.2. The average Bonchev–Trinajstić information content (AvgIpc) is 2.63. The summed E-state index contributed by atoms with van der Waals surface area (Å²) in [5.41, 5.74) is -0.0834. The van der Waals surface area contributed by atoms with Crippen LogP contribution in [0.3, 0.4) is 0 Å². The monoisotopic (exact) mass is 286 g/mol. The lowest BCUT2D eigenvalue weighted by molar-refractivity contribution is 0.101. The van der Waals surface area contributed by atoms with Crippen LogP contribution in [0.4, 0.5) is 5.69 Å². The van der Waals surface area contributed by atoms with E-state index in [-0.39, 0.29) is 5.82 Å². The molecule has 0 fully saturated rings. The predicted octanol–water partition coefficient (Wildman–Crippen LogP) is 1.67. The first-order valence-electron chi connectivity index (χ1n) is 4.87. The molecule has 2 N–H and O–H groups in total. The van der Waals surface area contributed by atoms with Crippen molar-refractivity contribution in [1.82, 2.24) is 14.8 Å². The molecule has 1 amide bonds. The van der Waals surface area contributed by atoms with Crippen LogP contribution < -0.4 is 11.0 Å². The van der Waals surface area contributed by atoms with Crippen LogP contribution in [0, 0.1) is 0 Å². The number of hydrogen-bond acceptors (Lipinski definition) is 3. The molecule has 2 aromatic rings. The smallest absolute Gasteiger partial charge is 0.318 e. The molecule has 8 heteroatoms. The zero-order valence-corrected chi connectivity index (χ0v) is 10.7. The van der Waals surface area contributed by atoms with Gasteiger partial charge in [-0.3, -0.25) is 9.78 Å². The minimum Gasteiger partial charge on any atom is -0.318 e. The molecule has 0 aliphatic rings. The van der Waals surface area contributed by atoms with Crippen molar-refractivity contribution in [3.05, 3.63) is 44.6 Å². The van der Waals surface area contributed by atoms with E-state index in [0.29, 0.717) is 15.7 Å². The standard InChI is InChI=1S/C10H8Cl2N4O2/c1-16-10(18)14-8(15-16)9(17)13-7-3-2-5(11)4-6(7)12/h2-4H,1H3,(H,13,17)(H,14,15,18). The zero-order valence-electron chi connectivity index (χ0n) is 9.20. The molecule has 0 saturated carbocycles. The summed E-state index contributed by atoms with van der Waals surface area (Å²) in [7, 11) is 1.44.